The summed E-state index contributed by atoms with van der Waals surface area (Å²) in [6, 6.07) is 9.84. The lowest BCUT2D eigenvalue weighted by Gasteiger charge is -2.23. The highest BCUT2D eigenvalue weighted by atomic mass is 16.5. The number of ether oxygens (including phenoxy) is 2. The Morgan fingerprint density at radius 2 is 1.79 bits per heavy atom. The molecule has 0 N–H and O–H groups in total. The number of aromatic nitrogens is 2. The summed E-state index contributed by atoms with van der Waals surface area (Å²) in [5.41, 5.74) is 0. The van der Waals surface area contributed by atoms with Crippen LogP contribution in [0.1, 0.15) is 58.8 Å². The number of unbranched alkanes of at least 4 members (excludes halogenated alkanes) is 4. The van der Waals surface area contributed by atoms with E-state index in [4.69, 9.17) is 9.47 Å². The normalized spacial score (nSPS) is 10.6. The smallest absolute Gasteiger partial charge is 0.305 e. The van der Waals surface area contributed by atoms with Crippen LogP contribution in [-0.4, -0.2) is 35.7 Å². The van der Waals surface area contributed by atoms with E-state index in [1.807, 2.05) is 37.3 Å². The molecule has 0 amide bonds. The molecule has 29 heavy (non-hydrogen) atoms. The number of carbonyl (C=O) groups is 1. The van der Waals surface area contributed by atoms with Gasteiger partial charge in [-0.15, -0.1) is 0 Å². The first-order chi connectivity index (χ1) is 14.2. The molecule has 0 spiro atoms. The molecular formula is C23H33N3O3. The summed E-state index contributed by atoms with van der Waals surface area (Å²) in [6.07, 6.45) is 10.1. The van der Waals surface area contributed by atoms with Gasteiger partial charge in [-0.05, 0) is 50.5 Å². The van der Waals surface area contributed by atoms with Crippen molar-refractivity contribution in [2.75, 3.05) is 24.7 Å². The van der Waals surface area contributed by atoms with Gasteiger partial charge in [-0.2, -0.15) is 0 Å². The van der Waals surface area contributed by atoms with Crippen molar-refractivity contribution in [1.82, 2.24) is 9.97 Å². The Bertz CT molecular complexity index is 692. The second-order valence-electron chi connectivity index (χ2n) is 6.86. The van der Waals surface area contributed by atoms with Crippen molar-refractivity contribution >= 4 is 17.6 Å². The third-order valence-corrected chi connectivity index (χ3v) is 4.51. The van der Waals surface area contributed by atoms with E-state index in [1.165, 1.54) is 0 Å². The van der Waals surface area contributed by atoms with Gasteiger partial charge in [0.2, 0.25) is 0 Å². The van der Waals surface area contributed by atoms with Crippen molar-refractivity contribution in [3.05, 3.63) is 42.7 Å². The monoisotopic (exact) mass is 399 g/mol. The van der Waals surface area contributed by atoms with Crippen LogP contribution in [0.2, 0.25) is 0 Å². The lowest BCUT2D eigenvalue weighted by atomic mass is 10.1. The average molecular weight is 400 g/mol. The second-order valence-corrected chi connectivity index (χ2v) is 6.86. The lowest BCUT2D eigenvalue weighted by molar-refractivity contribution is -0.143. The van der Waals surface area contributed by atoms with Crippen LogP contribution >= 0.6 is 0 Å². The number of esters is 1. The van der Waals surface area contributed by atoms with Crippen molar-refractivity contribution in [2.45, 2.75) is 58.8 Å². The number of pyridine rings is 2. The van der Waals surface area contributed by atoms with Crippen LogP contribution < -0.4 is 9.64 Å². The van der Waals surface area contributed by atoms with Gasteiger partial charge in [0.25, 0.3) is 0 Å². The maximum atomic E-state index is 11.4. The molecule has 0 unspecified atom stereocenters. The maximum Gasteiger partial charge on any atom is 0.305 e. The van der Waals surface area contributed by atoms with Crippen LogP contribution in [0.5, 0.6) is 5.75 Å². The predicted octanol–water partition coefficient (Wildman–Crippen LogP) is 5.31. The summed E-state index contributed by atoms with van der Waals surface area (Å²) in [7, 11) is 0. The van der Waals surface area contributed by atoms with E-state index in [2.05, 4.69) is 21.8 Å². The van der Waals surface area contributed by atoms with Gasteiger partial charge in [0.05, 0.1) is 19.4 Å². The van der Waals surface area contributed by atoms with E-state index in [9.17, 15) is 4.79 Å². The molecule has 0 radical (unpaired) electrons. The first kappa shape index (κ1) is 22.7. The molecule has 0 aliphatic carbocycles. The second kappa shape index (κ2) is 13.5. The van der Waals surface area contributed by atoms with Gasteiger partial charge < -0.3 is 14.4 Å². The van der Waals surface area contributed by atoms with E-state index in [-0.39, 0.29) is 5.97 Å². The SMILES string of the molecule is CCCCOc1ccc(N(CCCCCCC(=O)OCC)c2ccccn2)nc1. The maximum absolute atomic E-state index is 11.4. The Morgan fingerprint density at radius 3 is 2.48 bits per heavy atom. The Labute approximate surface area is 174 Å². The minimum absolute atomic E-state index is 0.104. The fourth-order valence-electron chi connectivity index (χ4n) is 2.94. The summed E-state index contributed by atoms with van der Waals surface area (Å²) in [5, 5.41) is 0. The molecular weight excluding hydrogens is 366 g/mol. The molecule has 2 heterocycles. The molecule has 2 rings (SSSR count). The molecule has 6 heteroatoms. The van der Waals surface area contributed by atoms with Crippen LogP contribution in [0.15, 0.2) is 42.7 Å². The zero-order chi connectivity index (χ0) is 20.7. The molecule has 2 aromatic rings. The van der Waals surface area contributed by atoms with E-state index in [0.29, 0.717) is 19.6 Å². The highest BCUT2D eigenvalue weighted by molar-refractivity contribution is 5.69. The highest BCUT2D eigenvalue weighted by Gasteiger charge is 2.12. The highest BCUT2D eigenvalue weighted by Crippen LogP contribution is 2.24. The van der Waals surface area contributed by atoms with Gasteiger partial charge in [-0.25, -0.2) is 9.97 Å². The van der Waals surface area contributed by atoms with Gasteiger partial charge in [0.1, 0.15) is 17.4 Å². The van der Waals surface area contributed by atoms with Crippen LogP contribution in [0.25, 0.3) is 0 Å². The quantitative estimate of drug-likeness (QED) is 0.317. The minimum atomic E-state index is -0.104. The fourth-order valence-corrected chi connectivity index (χ4v) is 2.94. The molecule has 0 aliphatic rings. The van der Waals surface area contributed by atoms with Crippen molar-refractivity contribution < 1.29 is 14.3 Å². The standard InChI is InChI=1S/C23H33N3O3/c1-3-5-18-29-20-14-15-22(25-19-20)26(21-12-9-10-16-24-21)17-11-7-6-8-13-23(27)28-4-2/h9-10,12,14-16,19H,3-8,11,13,17-18H2,1-2H3. The predicted molar refractivity (Wildman–Crippen MR) is 116 cm³/mol. The number of hydrogen-bond acceptors (Lipinski definition) is 6. The molecule has 0 bridgehead atoms. The van der Waals surface area contributed by atoms with E-state index in [0.717, 1.165) is 62.5 Å². The number of rotatable bonds is 14. The number of hydrogen-bond donors (Lipinski definition) is 0. The number of anilines is 2. The molecule has 0 saturated heterocycles. The van der Waals surface area contributed by atoms with Crippen LogP contribution in [-0.2, 0) is 9.53 Å². The zero-order valence-corrected chi connectivity index (χ0v) is 17.7. The van der Waals surface area contributed by atoms with Crippen molar-refractivity contribution in [3.8, 4) is 5.75 Å². The van der Waals surface area contributed by atoms with Crippen molar-refractivity contribution in [1.29, 1.82) is 0 Å². The molecule has 0 fully saturated rings. The molecule has 0 atom stereocenters. The van der Waals surface area contributed by atoms with Gasteiger partial charge >= 0.3 is 5.97 Å². The third kappa shape index (κ3) is 8.50. The summed E-state index contributed by atoms with van der Waals surface area (Å²) in [4.78, 5) is 22.6. The van der Waals surface area contributed by atoms with Gasteiger partial charge in [-0.3, -0.25) is 4.79 Å². The van der Waals surface area contributed by atoms with Crippen molar-refractivity contribution in [3.63, 3.8) is 0 Å². The number of carbonyl (C=O) groups excluding carboxylic acids is 1. The minimum Gasteiger partial charge on any atom is -0.492 e. The Kier molecular flexibility index (Phi) is 10.6. The molecule has 0 saturated carbocycles. The number of nitrogens with zero attached hydrogens (tertiary/aromatic N) is 3. The molecule has 6 nitrogen and oxygen atoms in total. The average Bonchev–Trinajstić information content (AvgIpc) is 2.75. The van der Waals surface area contributed by atoms with E-state index in [1.54, 1.807) is 12.4 Å². The largest absolute Gasteiger partial charge is 0.492 e. The molecule has 0 aliphatic heterocycles. The summed E-state index contributed by atoms with van der Waals surface area (Å²) in [6.45, 7) is 5.97. The third-order valence-electron chi connectivity index (χ3n) is 4.51. The molecule has 158 valence electrons. The van der Waals surface area contributed by atoms with E-state index >= 15 is 0 Å². The zero-order valence-electron chi connectivity index (χ0n) is 17.7. The Balaban J connectivity index is 1.88. The first-order valence-electron chi connectivity index (χ1n) is 10.7. The topological polar surface area (TPSA) is 64.5 Å². The molecule has 0 aromatic carbocycles. The van der Waals surface area contributed by atoms with Crippen LogP contribution in [0, 0.1) is 0 Å². The Hall–Kier alpha value is -2.63. The van der Waals surface area contributed by atoms with Crippen molar-refractivity contribution in [2.24, 2.45) is 0 Å². The fraction of sp³-hybridized carbons (Fsp3) is 0.522. The summed E-state index contributed by atoms with van der Waals surface area (Å²) >= 11 is 0. The van der Waals surface area contributed by atoms with Gasteiger partial charge in [0, 0.05) is 19.2 Å². The van der Waals surface area contributed by atoms with Gasteiger partial charge in [0.15, 0.2) is 0 Å². The van der Waals surface area contributed by atoms with Crippen LogP contribution in [0.4, 0.5) is 11.6 Å². The van der Waals surface area contributed by atoms with Gasteiger partial charge in [-0.1, -0.05) is 32.3 Å². The lowest BCUT2D eigenvalue weighted by Crippen LogP contribution is -2.20. The molecule has 2 aromatic heterocycles. The first-order valence-corrected chi connectivity index (χ1v) is 10.7. The Morgan fingerprint density at radius 1 is 0.966 bits per heavy atom. The summed E-state index contributed by atoms with van der Waals surface area (Å²) in [5.74, 6) is 2.43. The van der Waals surface area contributed by atoms with E-state index < -0.39 is 0 Å². The summed E-state index contributed by atoms with van der Waals surface area (Å²) < 4.78 is 10.7. The van der Waals surface area contributed by atoms with Crippen LogP contribution in [0.3, 0.4) is 0 Å².